The molecule has 0 saturated carbocycles. The molecule has 0 aliphatic carbocycles. The van der Waals surface area contributed by atoms with Gasteiger partial charge in [0.25, 0.3) is 0 Å². The highest BCUT2D eigenvalue weighted by atomic mass is 32.1. The lowest BCUT2D eigenvalue weighted by Crippen LogP contribution is -2.16. The lowest BCUT2D eigenvalue weighted by molar-refractivity contribution is 0.262. The Balaban J connectivity index is 1.14. The molecular formula is C42H28N4O2S. The van der Waals surface area contributed by atoms with E-state index in [1.807, 2.05) is 60.7 Å². The zero-order valence-corrected chi connectivity index (χ0v) is 27.0. The first-order valence-electron chi connectivity index (χ1n) is 16.3. The van der Waals surface area contributed by atoms with Gasteiger partial charge in [-0.05, 0) is 35.9 Å². The van der Waals surface area contributed by atoms with E-state index < -0.39 is 0 Å². The first-order chi connectivity index (χ1) is 24.2. The van der Waals surface area contributed by atoms with Crippen LogP contribution in [0.15, 0.2) is 148 Å². The van der Waals surface area contributed by atoms with E-state index in [4.69, 9.17) is 24.9 Å². The minimum Gasteiger partial charge on any atom is -0.464 e. The summed E-state index contributed by atoms with van der Waals surface area (Å²) >= 11 is 1.75. The second-order valence-corrected chi connectivity index (χ2v) is 13.4. The molecule has 0 saturated heterocycles. The Kier molecular flexibility index (Phi) is 6.22. The van der Waals surface area contributed by atoms with Crippen LogP contribution in [0.3, 0.4) is 0 Å². The van der Waals surface area contributed by atoms with E-state index in [1.165, 1.54) is 15.5 Å². The van der Waals surface area contributed by atoms with E-state index in [0.29, 0.717) is 18.2 Å². The molecule has 234 valence electrons. The number of fused-ring (bicyclic) bond motifs is 6. The van der Waals surface area contributed by atoms with Crippen molar-refractivity contribution in [3.8, 4) is 5.75 Å². The monoisotopic (exact) mass is 652 g/mol. The maximum absolute atomic E-state index is 6.68. The maximum atomic E-state index is 6.68. The number of ether oxygens (including phenoxy) is 1. The van der Waals surface area contributed by atoms with Crippen LogP contribution in [0.25, 0.3) is 52.9 Å². The van der Waals surface area contributed by atoms with Crippen LogP contribution in [0.2, 0.25) is 0 Å². The maximum Gasteiger partial charge on any atom is 0.196 e. The van der Waals surface area contributed by atoms with Gasteiger partial charge in [-0.1, -0.05) is 103 Å². The number of furan rings is 1. The molecule has 7 heteroatoms. The molecule has 1 atom stereocenters. The summed E-state index contributed by atoms with van der Waals surface area (Å²) in [6.07, 6.45) is -0.289. The Bertz CT molecular complexity index is 2760. The number of aliphatic imine (C=N–C) groups is 2. The summed E-state index contributed by atoms with van der Waals surface area (Å²) < 4.78 is 15.5. The summed E-state index contributed by atoms with van der Waals surface area (Å²) in [4.78, 5) is 10.2. The number of hydrogen-bond donors (Lipinski definition) is 2. The minimum atomic E-state index is -0.289. The number of amidine groups is 2. The van der Waals surface area contributed by atoms with Crippen molar-refractivity contribution in [2.45, 2.75) is 12.8 Å². The van der Waals surface area contributed by atoms with Gasteiger partial charge in [-0.25, -0.2) is 4.99 Å². The van der Waals surface area contributed by atoms with Gasteiger partial charge in [0, 0.05) is 58.4 Å². The Morgan fingerprint density at radius 2 is 1.45 bits per heavy atom. The van der Waals surface area contributed by atoms with Crippen LogP contribution in [0, 0.1) is 0 Å². The van der Waals surface area contributed by atoms with E-state index in [2.05, 4.69) is 78.1 Å². The SMILES string of the molecule is NC(=NC(=NCc1cc2oc3cccc4c5c(c(c1)c2c34)OC(c1ccccc1)N5)c1cccc2c1sc1ccccc12)c1ccccc1. The van der Waals surface area contributed by atoms with E-state index >= 15 is 0 Å². The van der Waals surface area contributed by atoms with E-state index in [1.54, 1.807) is 11.3 Å². The highest BCUT2D eigenvalue weighted by molar-refractivity contribution is 7.26. The number of benzene rings is 7. The predicted molar refractivity (Wildman–Crippen MR) is 203 cm³/mol. The van der Waals surface area contributed by atoms with Crippen molar-refractivity contribution in [1.29, 1.82) is 0 Å². The van der Waals surface area contributed by atoms with Crippen molar-refractivity contribution >= 4 is 81.6 Å². The van der Waals surface area contributed by atoms with Gasteiger partial charge in [-0.3, -0.25) is 4.99 Å². The molecule has 0 fully saturated rings. The Hall–Kier alpha value is -6.18. The molecule has 6 nitrogen and oxygen atoms in total. The van der Waals surface area contributed by atoms with Gasteiger partial charge in [0.1, 0.15) is 17.0 Å². The molecule has 0 radical (unpaired) electrons. The molecule has 1 aliphatic rings. The number of nitrogens with zero attached hydrogens (tertiary/aromatic N) is 2. The average molecular weight is 653 g/mol. The number of hydrogen-bond acceptors (Lipinski definition) is 5. The molecule has 1 unspecified atom stereocenters. The molecular weight excluding hydrogens is 625 g/mol. The van der Waals surface area contributed by atoms with Crippen molar-refractivity contribution in [2.24, 2.45) is 15.7 Å². The first-order valence-corrected chi connectivity index (χ1v) is 17.1. The highest BCUT2D eigenvalue weighted by Gasteiger charge is 2.30. The molecule has 49 heavy (non-hydrogen) atoms. The van der Waals surface area contributed by atoms with Crippen LogP contribution >= 0.6 is 11.3 Å². The second kappa shape index (κ2) is 10.9. The lowest BCUT2D eigenvalue weighted by Gasteiger charge is -2.11. The summed E-state index contributed by atoms with van der Waals surface area (Å²) in [6, 6.07) is 45.4. The van der Waals surface area contributed by atoms with Crippen molar-refractivity contribution < 1.29 is 9.15 Å². The molecule has 10 rings (SSSR count). The number of nitrogens with two attached hydrogens (primary N) is 1. The van der Waals surface area contributed by atoms with Crippen LogP contribution in [0.5, 0.6) is 5.75 Å². The van der Waals surface area contributed by atoms with E-state index in [0.717, 1.165) is 71.1 Å². The molecule has 9 aromatic rings. The summed E-state index contributed by atoms with van der Waals surface area (Å²) in [7, 11) is 0. The Morgan fingerprint density at radius 3 is 2.33 bits per heavy atom. The molecule has 1 aliphatic heterocycles. The lowest BCUT2D eigenvalue weighted by atomic mass is 9.97. The number of thiophene rings is 1. The van der Waals surface area contributed by atoms with Crippen molar-refractivity contribution in [2.75, 3.05) is 5.32 Å². The highest BCUT2D eigenvalue weighted by Crippen LogP contribution is 2.52. The minimum absolute atomic E-state index is 0.289. The third-order valence-corrected chi connectivity index (χ3v) is 10.6. The van der Waals surface area contributed by atoms with Gasteiger partial charge in [-0.2, -0.15) is 0 Å². The number of anilines is 1. The molecule has 0 bridgehead atoms. The smallest absolute Gasteiger partial charge is 0.196 e. The number of rotatable bonds is 5. The standard InChI is InChI=1S/C42H28N4O2S/c43-40(25-11-3-1-4-12-25)46-41(30-18-9-16-28-27-15-7-8-20-34(27)49-39(28)30)44-23-24-21-31-36-33(22-24)47-32-19-10-17-29(35(32)36)37-38(31)48-42(45-37)26-13-5-2-6-14-26/h1-22,42,45H,23H2,(H2,43,44,46). The van der Waals surface area contributed by atoms with Crippen LogP contribution in [0.1, 0.15) is 28.5 Å². The van der Waals surface area contributed by atoms with Crippen LogP contribution < -0.4 is 15.8 Å². The average Bonchev–Trinajstić information content (AvgIpc) is 3.88. The molecule has 3 heterocycles. The largest absolute Gasteiger partial charge is 0.464 e. The molecule has 0 spiro atoms. The summed E-state index contributed by atoms with van der Waals surface area (Å²) in [6.45, 7) is 0.368. The quantitative estimate of drug-likeness (QED) is 0.110. The summed E-state index contributed by atoms with van der Waals surface area (Å²) in [5, 5.41) is 10.3. The van der Waals surface area contributed by atoms with Gasteiger partial charge in [0.2, 0.25) is 0 Å². The van der Waals surface area contributed by atoms with Gasteiger partial charge in [-0.15, -0.1) is 11.3 Å². The zero-order chi connectivity index (χ0) is 32.5. The first kappa shape index (κ1) is 27.9. The zero-order valence-electron chi connectivity index (χ0n) is 26.2. The van der Waals surface area contributed by atoms with Gasteiger partial charge >= 0.3 is 0 Å². The van der Waals surface area contributed by atoms with Gasteiger partial charge in [0.15, 0.2) is 17.8 Å². The molecule has 2 aromatic heterocycles. The predicted octanol–water partition coefficient (Wildman–Crippen LogP) is 10.4. The fourth-order valence-electron chi connectivity index (χ4n) is 7.12. The van der Waals surface area contributed by atoms with Crippen molar-refractivity contribution in [3.63, 3.8) is 0 Å². The van der Waals surface area contributed by atoms with Crippen LogP contribution in [-0.4, -0.2) is 11.7 Å². The molecule has 3 N–H and O–H groups in total. The third kappa shape index (κ3) is 4.47. The fraction of sp³-hybridized carbons (Fsp3) is 0.0476. The summed E-state index contributed by atoms with van der Waals surface area (Å²) in [5.74, 6) is 1.83. The fourth-order valence-corrected chi connectivity index (χ4v) is 8.33. The topological polar surface area (TPSA) is 85.1 Å². The Morgan fingerprint density at radius 1 is 0.714 bits per heavy atom. The normalized spacial score (nSPS) is 15.1. The van der Waals surface area contributed by atoms with Crippen LogP contribution in [0.4, 0.5) is 5.69 Å². The van der Waals surface area contributed by atoms with Gasteiger partial charge in [0.05, 0.1) is 12.2 Å². The summed E-state index contributed by atoms with van der Waals surface area (Å²) in [5.41, 5.74) is 13.1. The van der Waals surface area contributed by atoms with Crippen molar-refractivity contribution in [3.05, 3.63) is 156 Å². The van der Waals surface area contributed by atoms with E-state index in [-0.39, 0.29) is 6.23 Å². The van der Waals surface area contributed by atoms with E-state index in [9.17, 15) is 0 Å². The third-order valence-electron chi connectivity index (χ3n) is 9.37. The Labute approximate surface area is 285 Å². The van der Waals surface area contributed by atoms with Crippen LogP contribution in [-0.2, 0) is 6.54 Å². The molecule has 0 amide bonds. The number of nitrogens with one attached hydrogen (secondary N) is 1. The van der Waals surface area contributed by atoms with Crippen molar-refractivity contribution in [1.82, 2.24) is 0 Å². The van der Waals surface area contributed by atoms with Gasteiger partial charge < -0.3 is 20.2 Å². The molecule has 7 aromatic carbocycles. The second-order valence-electron chi connectivity index (χ2n) is 12.3.